The van der Waals surface area contributed by atoms with Gasteiger partial charge in [-0.2, -0.15) is 0 Å². The molecule has 1 atom stereocenters. The van der Waals surface area contributed by atoms with E-state index in [0.717, 1.165) is 0 Å². The molecule has 1 amide bonds. The highest BCUT2D eigenvalue weighted by molar-refractivity contribution is 5.81. The minimum Gasteiger partial charge on any atom is -0.396 e. The first-order chi connectivity index (χ1) is 8.18. The van der Waals surface area contributed by atoms with Crippen molar-refractivity contribution < 1.29 is 15.0 Å². The summed E-state index contributed by atoms with van der Waals surface area (Å²) in [4.78, 5) is 15.7. The van der Waals surface area contributed by atoms with E-state index in [1.54, 1.807) is 18.9 Å². The normalized spacial score (nSPS) is 14.1. The highest BCUT2D eigenvalue weighted by atomic mass is 16.3. The molecule has 5 nitrogen and oxygen atoms in total. The average molecular weight is 260 g/mol. The Morgan fingerprint density at radius 1 is 1.17 bits per heavy atom. The van der Waals surface area contributed by atoms with Crippen LogP contribution in [0.1, 0.15) is 27.7 Å². The number of aliphatic hydroxyl groups is 2. The summed E-state index contributed by atoms with van der Waals surface area (Å²) in [5.74, 6) is 0.0470. The molecule has 0 saturated carbocycles. The van der Waals surface area contributed by atoms with Gasteiger partial charge in [0.05, 0.1) is 19.3 Å². The third-order valence-electron chi connectivity index (χ3n) is 3.54. The van der Waals surface area contributed by atoms with Gasteiger partial charge in [-0.3, -0.25) is 9.69 Å². The van der Waals surface area contributed by atoms with Crippen molar-refractivity contribution in [1.29, 1.82) is 0 Å². The maximum atomic E-state index is 12.1. The largest absolute Gasteiger partial charge is 0.396 e. The van der Waals surface area contributed by atoms with E-state index in [4.69, 9.17) is 0 Å². The molecule has 0 aromatic heterocycles. The molecule has 108 valence electrons. The van der Waals surface area contributed by atoms with Gasteiger partial charge in [-0.05, 0) is 27.8 Å². The van der Waals surface area contributed by atoms with E-state index in [2.05, 4.69) is 0 Å². The Bertz CT molecular complexity index is 265. The van der Waals surface area contributed by atoms with E-state index in [0.29, 0.717) is 6.54 Å². The summed E-state index contributed by atoms with van der Waals surface area (Å²) < 4.78 is 0. The smallest absolute Gasteiger partial charge is 0.239 e. The average Bonchev–Trinajstić information content (AvgIpc) is 2.35. The molecule has 0 aliphatic rings. The van der Waals surface area contributed by atoms with Gasteiger partial charge in [0.15, 0.2) is 0 Å². The second-order valence-corrected chi connectivity index (χ2v) is 5.76. The van der Waals surface area contributed by atoms with Crippen LogP contribution in [0.15, 0.2) is 0 Å². The predicted octanol–water partition coefficient (Wildman–Crippen LogP) is 0.164. The highest BCUT2D eigenvalue weighted by Crippen LogP contribution is 2.17. The Hall–Kier alpha value is -0.650. The third kappa shape index (κ3) is 4.55. The van der Waals surface area contributed by atoms with Crippen molar-refractivity contribution in [3.05, 3.63) is 0 Å². The predicted molar refractivity (Wildman–Crippen MR) is 72.3 cm³/mol. The zero-order valence-corrected chi connectivity index (χ0v) is 12.5. The number of amides is 1. The number of rotatable bonds is 7. The number of hydrogen-bond acceptors (Lipinski definition) is 4. The molecule has 5 heteroatoms. The molecule has 1 unspecified atom stereocenters. The van der Waals surface area contributed by atoms with Crippen molar-refractivity contribution >= 4 is 5.91 Å². The van der Waals surface area contributed by atoms with Crippen LogP contribution in [0.5, 0.6) is 0 Å². The molecule has 2 N–H and O–H groups in total. The Morgan fingerprint density at radius 2 is 1.61 bits per heavy atom. The fourth-order valence-electron chi connectivity index (χ4n) is 1.63. The lowest BCUT2D eigenvalue weighted by atomic mass is 9.92. The maximum Gasteiger partial charge on any atom is 0.239 e. The van der Waals surface area contributed by atoms with Crippen molar-refractivity contribution in [2.24, 2.45) is 5.41 Å². The second kappa shape index (κ2) is 7.07. The van der Waals surface area contributed by atoms with Crippen molar-refractivity contribution in [3.8, 4) is 0 Å². The summed E-state index contributed by atoms with van der Waals surface area (Å²) in [5.41, 5.74) is -0.584. The standard InChI is InChI=1S/C13H28N2O3/c1-10(2)15(6)12(18)11(3)14(5)7-13(4,8-16)9-17/h10-11,16-17H,7-9H2,1-6H3. The second-order valence-electron chi connectivity index (χ2n) is 5.76. The summed E-state index contributed by atoms with van der Waals surface area (Å²) >= 11 is 0. The van der Waals surface area contributed by atoms with Crippen LogP contribution in [0.2, 0.25) is 0 Å². The Balaban J connectivity index is 4.60. The van der Waals surface area contributed by atoms with Gasteiger partial charge in [0.1, 0.15) is 0 Å². The Labute approximate surface area is 110 Å². The van der Waals surface area contributed by atoms with E-state index >= 15 is 0 Å². The number of carbonyl (C=O) groups is 1. The minimum absolute atomic E-state index is 0.0470. The lowest BCUT2D eigenvalue weighted by Crippen LogP contribution is -2.50. The van der Waals surface area contributed by atoms with E-state index in [1.807, 2.05) is 32.7 Å². The maximum absolute atomic E-state index is 12.1. The summed E-state index contributed by atoms with van der Waals surface area (Å²) in [6.07, 6.45) is 0. The number of hydrogen-bond donors (Lipinski definition) is 2. The summed E-state index contributed by atoms with van der Waals surface area (Å²) in [7, 11) is 3.62. The SMILES string of the molecule is CC(C(=O)N(C)C(C)C)N(C)CC(C)(CO)CO. The molecule has 18 heavy (non-hydrogen) atoms. The zero-order valence-electron chi connectivity index (χ0n) is 12.5. The minimum atomic E-state index is -0.584. The van der Waals surface area contributed by atoms with Crippen LogP contribution in [0.25, 0.3) is 0 Å². The molecular formula is C13H28N2O3. The molecule has 0 spiro atoms. The van der Waals surface area contributed by atoms with Gasteiger partial charge in [-0.15, -0.1) is 0 Å². The first-order valence-electron chi connectivity index (χ1n) is 6.37. The molecule has 0 aliphatic heterocycles. The van der Waals surface area contributed by atoms with Gasteiger partial charge in [0, 0.05) is 25.0 Å². The zero-order chi connectivity index (χ0) is 14.5. The van der Waals surface area contributed by atoms with Crippen LogP contribution < -0.4 is 0 Å². The first kappa shape index (κ1) is 17.4. The number of nitrogens with zero attached hydrogens (tertiary/aromatic N) is 2. The molecule has 0 aliphatic carbocycles. The molecule has 0 bridgehead atoms. The monoisotopic (exact) mass is 260 g/mol. The van der Waals surface area contributed by atoms with Gasteiger partial charge in [-0.1, -0.05) is 6.92 Å². The first-order valence-corrected chi connectivity index (χ1v) is 6.37. The van der Waals surface area contributed by atoms with Gasteiger partial charge in [-0.25, -0.2) is 0 Å². The molecule has 0 aromatic carbocycles. The molecule has 0 heterocycles. The Kier molecular flexibility index (Phi) is 6.81. The van der Waals surface area contributed by atoms with Crippen molar-refractivity contribution in [2.45, 2.75) is 39.8 Å². The fraction of sp³-hybridized carbons (Fsp3) is 0.923. The molecule has 0 saturated heterocycles. The topological polar surface area (TPSA) is 64.0 Å². The van der Waals surface area contributed by atoms with Crippen LogP contribution in [-0.4, -0.2) is 71.9 Å². The van der Waals surface area contributed by atoms with Gasteiger partial charge >= 0.3 is 0 Å². The summed E-state index contributed by atoms with van der Waals surface area (Å²) in [6.45, 7) is 7.85. The lowest BCUT2D eigenvalue weighted by Gasteiger charge is -2.35. The number of carbonyl (C=O) groups excluding carboxylic acids is 1. The summed E-state index contributed by atoms with van der Waals surface area (Å²) in [5, 5.41) is 18.5. The lowest BCUT2D eigenvalue weighted by molar-refractivity contribution is -0.137. The molecule has 0 aromatic rings. The van der Waals surface area contributed by atoms with Crippen molar-refractivity contribution in [2.75, 3.05) is 33.9 Å². The van der Waals surface area contributed by atoms with E-state index in [-0.39, 0.29) is 31.2 Å². The van der Waals surface area contributed by atoms with Gasteiger partial charge in [0.2, 0.25) is 5.91 Å². The van der Waals surface area contributed by atoms with E-state index in [1.165, 1.54) is 0 Å². The fourth-order valence-corrected chi connectivity index (χ4v) is 1.63. The van der Waals surface area contributed by atoms with Crippen LogP contribution in [0.3, 0.4) is 0 Å². The van der Waals surface area contributed by atoms with Crippen molar-refractivity contribution in [1.82, 2.24) is 9.80 Å². The molecular weight excluding hydrogens is 232 g/mol. The highest BCUT2D eigenvalue weighted by Gasteiger charge is 2.29. The Morgan fingerprint density at radius 3 is 1.94 bits per heavy atom. The van der Waals surface area contributed by atoms with Crippen LogP contribution in [0.4, 0.5) is 0 Å². The number of aliphatic hydroxyl groups excluding tert-OH is 2. The van der Waals surface area contributed by atoms with E-state index in [9.17, 15) is 15.0 Å². The van der Waals surface area contributed by atoms with Crippen LogP contribution in [0, 0.1) is 5.41 Å². The number of likely N-dealkylation sites (N-methyl/N-ethyl adjacent to an activating group) is 2. The quantitative estimate of drug-likeness (QED) is 0.685. The summed E-state index contributed by atoms with van der Waals surface area (Å²) in [6, 6.07) is -0.106. The van der Waals surface area contributed by atoms with Crippen molar-refractivity contribution in [3.63, 3.8) is 0 Å². The third-order valence-corrected chi connectivity index (χ3v) is 3.54. The van der Waals surface area contributed by atoms with Crippen LogP contribution in [-0.2, 0) is 4.79 Å². The van der Waals surface area contributed by atoms with Gasteiger partial charge < -0.3 is 15.1 Å². The van der Waals surface area contributed by atoms with Crippen LogP contribution >= 0.6 is 0 Å². The molecule has 0 rings (SSSR count). The molecule has 0 fully saturated rings. The van der Waals surface area contributed by atoms with Gasteiger partial charge in [0.25, 0.3) is 0 Å². The van der Waals surface area contributed by atoms with E-state index < -0.39 is 5.41 Å². The molecule has 0 radical (unpaired) electrons.